The minimum absolute atomic E-state index is 0.0601. The summed E-state index contributed by atoms with van der Waals surface area (Å²) in [6, 6.07) is 22.9. The van der Waals surface area contributed by atoms with E-state index < -0.39 is 0 Å². The Morgan fingerprint density at radius 2 is 1.69 bits per heavy atom. The number of ether oxygens (including phenoxy) is 1. The molecule has 0 heterocycles. The van der Waals surface area contributed by atoms with E-state index in [4.69, 9.17) is 4.74 Å². The fraction of sp³-hybridized carbons (Fsp3) is 0.136. The molecule has 0 fully saturated rings. The molecule has 3 aromatic rings. The highest BCUT2D eigenvalue weighted by Crippen LogP contribution is 2.26. The Hall–Kier alpha value is -3.27. The monoisotopic (exact) mass is 347 g/mol. The smallest absolute Gasteiger partial charge is 0.228 e. The van der Waals surface area contributed by atoms with Crippen molar-refractivity contribution in [2.75, 3.05) is 12.4 Å². The van der Waals surface area contributed by atoms with Gasteiger partial charge in [-0.05, 0) is 41.3 Å². The SMILES string of the molecule is COc1cc(CC(=O)Nc2ccccc2Cc2ccccc2)ccc1O. The van der Waals surface area contributed by atoms with Gasteiger partial charge in [-0.1, -0.05) is 54.6 Å². The zero-order chi connectivity index (χ0) is 18.4. The third kappa shape index (κ3) is 4.42. The first-order chi connectivity index (χ1) is 12.7. The van der Waals surface area contributed by atoms with Crippen molar-refractivity contribution in [2.45, 2.75) is 12.8 Å². The molecule has 0 aliphatic rings. The summed E-state index contributed by atoms with van der Waals surface area (Å²) in [5.74, 6) is 0.308. The molecule has 0 aromatic heterocycles. The van der Waals surface area contributed by atoms with Crippen molar-refractivity contribution in [3.63, 3.8) is 0 Å². The molecule has 26 heavy (non-hydrogen) atoms. The predicted octanol–water partition coefficient (Wildman–Crippen LogP) is 4.17. The van der Waals surface area contributed by atoms with E-state index in [0.29, 0.717) is 5.75 Å². The summed E-state index contributed by atoms with van der Waals surface area (Å²) in [5.41, 5.74) is 3.84. The summed E-state index contributed by atoms with van der Waals surface area (Å²) >= 11 is 0. The van der Waals surface area contributed by atoms with Gasteiger partial charge in [-0.2, -0.15) is 0 Å². The fourth-order valence-corrected chi connectivity index (χ4v) is 2.82. The average Bonchev–Trinajstić information content (AvgIpc) is 2.66. The third-order valence-corrected chi connectivity index (χ3v) is 4.14. The molecule has 0 unspecified atom stereocenters. The number of phenolic OH excluding ortho intramolecular Hbond substituents is 1. The van der Waals surface area contributed by atoms with Crippen molar-refractivity contribution in [2.24, 2.45) is 0 Å². The van der Waals surface area contributed by atoms with Gasteiger partial charge in [-0.3, -0.25) is 4.79 Å². The lowest BCUT2D eigenvalue weighted by molar-refractivity contribution is -0.115. The van der Waals surface area contributed by atoms with E-state index in [1.807, 2.05) is 42.5 Å². The van der Waals surface area contributed by atoms with E-state index in [2.05, 4.69) is 17.4 Å². The highest BCUT2D eigenvalue weighted by Gasteiger charge is 2.10. The van der Waals surface area contributed by atoms with Crippen LogP contribution in [-0.2, 0) is 17.6 Å². The van der Waals surface area contributed by atoms with Crippen LogP contribution in [0.25, 0.3) is 0 Å². The molecule has 1 amide bonds. The normalized spacial score (nSPS) is 10.3. The van der Waals surface area contributed by atoms with Crippen molar-refractivity contribution in [3.05, 3.63) is 89.5 Å². The summed E-state index contributed by atoms with van der Waals surface area (Å²) in [4.78, 5) is 12.5. The van der Waals surface area contributed by atoms with Gasteiger partial charge >= 0.3 is 0 Å². The number of nitrogens with one attached hydrogen (secondary N) is 1. The zero-order valence-electron chi connectivity index (χ0n) is 14.6. The Balaban J connectivity index is 1.71. The quantitative estimate of drug-likeness (QED) is 0.703. The second-order valence-electron chi connectivity index (χ2n) is 6.05. The molecule has 0 aliphatic carbocycles. The van der Waals surface area contributed by atoms with Crippen LogP contribution in [0.1, 0.15) is 16.7 Å². The van der Waals surface area contributed by atoms with Gasteiger partial charge in [0.2, 0.25) is 5.91 Å². The topological polar surface area (TPSA) is 58.6 Å². The molecular weight excluding hydrogens is 326 g/mol. The Labute approximate surface area is 153 Å². The lowest BCUT2D eigenvalue weighted by Crippen LogP contribution is -2.15. The second kappa shape index (κ2) is 8.21. The minimum atomic E-state index is -0.113. The molecule has 0 saturated heterocycles. The largest absolute Gasteiger partial charge is 0.504 e. The Bertz CT molecular complexity index is 891. The van der Waals surface area contributed by atoms with Gasteiger partial charge < -0.3 is 15.2 Å². The van der Waals surface area contributed by atoms with E-state index >= 15 is 0 Å². The number of benzene rings is 3. The molecule has 3 aromatic carbocycles. The van der Waals surface area contributed by atoms with E-state index in [-0.39, 0.29) is 18.1 Å². The van der Waals surface area contributed by atoms with Crippen molar-refractivity contribution in [3.8, 4) is 11.5 Å². The number of carbonyl (C=O) groups is 1. The maximum atomic E-state index is 12.5. The summed E-state index contributed by atoms with van der Waals surface area (Å²) in [5, 5.41) is 12.6. The van der Waals surface area contributed by atoms with Crippen LogP contribution >= 0.6 is 0 Å². The van der Waals surface area contributed by atoms with Gasteiger partial charge in [0.1, 0.15) is 0 Å². The van der Waals surface area contributed by atoms with Crippen LogP contribution in [0.15, 0.2) is 72.8 Å². The molecule has 0 spiro atoms. The number of hydrogen-bond acceptors (Lipinski definition) is 3. The van der Waals surface area contributed by atoms with Crippen LogP contribution in [0.5, 0.6) is 11.5 Å². The highest BCUT2D eigenvalue weighted by molar-refractivity contribution is 5.93. The van der Waals surface area contributed by atoms with E-state index in [1.165, 1.54) is 18.7 Å². The number of anilines is 1. The number of para-hydroxylation sites is 1. The molecule has 0 saturated carbocycles. The zero-order valence-corrected chi connectivity index (χ0v) is 14.6. The van der Waals surface area contributed by atoms with Gasteiger partial charge in [0.15, 0.2) is 11.5 Å². The molecule has 2 N–H and O–H groups in total. The molecule has 0 radical (unpaired) electrons. The lowest BCUT2D eigenvalue weighted by Gasteiger charge is -2.12. The molecular formula is C22H21NO3. The van der Waals surface area contributed by atoms with Gasteiger partial charge in [0.25, 0.3) is 0 Å². The fourth-order valence-electron chi connectivity index (χ4n) is 2.82. The van der Waals surface area contributed by atoms with Crippen LogP contribution in [-0.4, -0.2) is 18.1 Å². The number of rotatable bonds is 6. The maximum absolute atomic E-state index is 12.5. The molecule has 4 heteroatoms. The first kappa shape index (κ1) is 17.5. The number of hydrogen-bond donors (Lipinski definition) is 2. The van der Waals surface area contributed by atoms with Gasteiger partial charge in [0, 0.05) is 5.69 Å². The maximum Gasteiger partial charge on any atom is 0.228 e. The molecule has 0 aliphatic heterocycles. The van der Waals surface area contributed by atoms with Crippen molar-refractivity contribution < 1.29 is 14.6 Å². The van der Waals surface area contributed by atoms with Crippen LogP contribution in [0.3, 0.4) is 0 Å². The number of carbonyl (C=O) groups excluding carboxylic acids is 1. The number of amides is 1. The summed E-state index contributed by atoms with van der Waals surface area (Å²) < 4.78 is 5.09. The van der Waals surface area contributed by atoms with Crippen LogP contribution in [0.2, 0.25) is 0 Å². The van der Waals surface area contributed by atoms with Crippen molar-refractivity contribution in [1.82, 2.24) is 0 Å². The van der Waals surface area contributed by atoms with E-state index in [0.717, 1.165) is 23.2 Å². The molecule has 4 nitrogen and oxygen atoms in total. The molecule has 0 atom stereocenters. The van der Waals surface area contributed by atoms with E-state index in [9.17, 15) is 9.90 Å². The Morgan fingerprint density at radius 3 is 2.46 bits per heavy atom. The minimum Gasteiger partial charge on any atom is -0.504 e. The van der Waals surface area contributed by atoms with Gasteiger partial charge in [-0.15, -0.1) is 0 Å². The predicted molar refractivity (Wildman–Crippen MR) is 103 cm³/mol. The average molecular weight is 347 g/mol. The number of methoxy groups -OCH3 is 1. The molecule has 132 valence electrons. The summed E-state index contributed by atoms with van der Waals surface area (Å²) in [6.45, 7) is 0. The van der Waals surface area contributed by atoms with E-state index in [1.54, 1.807) is 12.1 Å². The highest BCUT2D eigenvalue weighted by atomic mass is 16.5. The van der Waals surface area contributed by atoms with Crippen molar-refractivity contribution in [1.29, 1.82) is 0 Å². The molecule has 3 rings (SSSR count). The van der Waals surface area contributed by atoms with Crippen LogP contribution in [0, 0.1) is 0 Å². The first-order valence-electron chi connectivity index (χ1n) is 8.43. The first-order valence-corrected chi connectivity index (χ1v) is 8.43. The van der Waals surface area contributed by atoms with Crippen LogP contribution < -0.4 is 10.1 Å². The third-order valence-electron chi connectivity index (χ3n) is 4.14. The van der Waals surface area contributed by atoms with Gasteiger partial charge in [-0.25, -0.2) is 0 Å². The lowest BCUT2D eigenvalue weighted by atomic mass is 10.0. The Kier molecular flexibility index (Phi) is 5.54. The summed E-state index contributed by atoms with van der Waals surface area (Å²) in [6.07, 6.45) is 0.959. The van der Waals surface area contributed by atoms with Gasteiger partial charge in [0.05, 0.1) is 13.5 Å². The second-order valence-corrected chi connectivity index (χ2v) is 6.05. The summed E-state index contributed by atoms with van der Waals surface area (Å²) in [7, 11) is 1.48. The Morgan fingerprint density at radius 1 is 0.962 bits per heavy atom. The van der Waals surface area contributed by atoms with Crippen LogP contribution in [0.4, 0.5) is 5.69 Å². The standard InChI is InChI=1S/C22H21NO3/c1-26-21-14-17(11-12-20(21)24)15-22(25)23-19-10-6-5-9-18(19)13-16-7-3-2-4-8-16/h2-12,14,24H,13,15H2,1H3,(H,23,25). The number of aromatic hydroxyl groups is 1. The number of phenols is 1. The van der Waals surface area contributed by atoms with Crippen molar-refractivity contribution >= 4 is 11.6 Å². The molecule has 0 bridgehead atoms.